The summed E-state index contributed by atoms with van der Waals surface area (Å²) in [6, 6.07) is 4.30. The first kappa shape index (κ1) is 11.0. The largest absolute Gasteiger partial charge is 0.478 e. The van der Waals surface area contributed by atoms with Gasteiger partial charge in [0.15, 0.2) is 17.7 Å². The van der Waals surface area contributed by atoms with Crippen LogP contribution in [0.4, 0.5) is 4.39 Å². The minimum absolute atomic E-state index is 0.0134. The fraction of sp³-hybridized carbons (Fsp3) is 0.222. The zero-order valence-corrected chi connectivity index (χ0v) is 9.05. The topological polar surface area (TPSA) is 52.3 Å². The van der Waals surface area contributed by atoms with Crippen molar-refractivity contribution in [2.75, 3.05) is 0 Å². The summed E-state index contributed by atoms with van der Waals surface area (Å²) in [5.41, 5.74) is 4.97. The van der Waals surface area contributed by atoms with Gasteiger partial charge in [-0.2, -0.15) is 0 Å². The first-order valence-corrected chi connectivity index (χ1v) is 4.71. The Bertz CT molecular complexity index is 357. The normalized spacial score (nSPS) is 12.2. The molecule has 1 amide bonds. The maximum absolute atomic E-state index is 13.2. The molecule has 0 aromatic heterocycles. The lowest BCUT2D eigenvalue weighted by Gasteiger charge is -2.11. The molecule has 0 aliphatic rings. The second-order valence-electron chi connectivity index (χ2n) is 2.74. The van der Waals surface area contributed by atoms with E-state index in [1.54, 1.807) is 6.07 Å². The van der Waals surface area contributed by atoms with Gasteiger partial charge in [0.05, 0.1) is 0 Å². The van der Waals surface area contributed by atoms with Gasteiger partial charge in [-0.25, -0.2) is 4.39 Å². The van der Waals surface area contributed by atoms with Gasteiger partial charge in [0.1, 0.15) is 0 Å². The molecule has 1 aromatic carbocycles. The van der Waals surface area contributed by atoms with E-state index in [-0.39, 0.29) is 5.75 Å². The Balaban J connectivity index is 2.82. The molecular weight excluding hydrogens is 253 g/mol. The quantitative estimate of drug-likeness (QED) is 0.903. The van der Waals surface area contributed by atoms with E-state index in [1.807, 2.05) is 0 Å². The molecule has 1 atom stereocenters. The predicted molar refractivity (Wildman–Crippen MR) is 53.4 cm³/mol. The first-order valence-electron chi connectivity index (χ1n) is 3.91. The number of primary amides is 1. The van der Waals surface area contributed by atoms with Crippen LogP contribution in [0.3, 0.4) is 0 Å². The van der Waals surface area contributed by atoms with Crippen LogP contribution in [0.2, 0.25) is 0 Å². The van der Waals surface area contributed by atoms with Crippen LogP contribution in [-0.4, -0.2) is 12.0 Å². The molecule has 0 unspecified atom stereocenters. The highest BCUT2D eigenvalue weighted by atomic mass is 79.9. The van der Waals surface area contributed by atoms with E-state index in [0.29, 0.717) is 4.47 Å². The van der Waals surface area contributed by atoms with Gasteiger partial charge in [-0.3, -0.25) is 4.79 Å². The molecule has 0 saturated heterocycles. The van der Waals surface area contributed by atoms with Gasteiger partial charge in [0.25, 0.3) is 5.91 Å². The van der Waals surface area contributed by atoms with Gasteiger partial charge in [0.2, 0.25) is 0 Å². The van der Waals surface area contributed by atoms with Gasteiger partial charge in [-0.15, -0.1) is 0 Å². The molecule has 0 heterocycles. The lowest BCUT2D eigenvalue weighted by Crippen LogP contribution is -2.30. The van der Waals surface area contributed by atoms with Crippen LogP contribution < -0.4 is 10.5 Å². The molecule has 1 rings (SSSR count). The molecule has 3 nitrogen and oxygen atoms in total. The Morgan fingerprint density at radius 2 is 2.29 bits per heavy atom. The number of rotatable bonds is 3. The van der Waals surface area contributed by atoms with Crippen molar-refractivity contribution in [3.8, 4) is 5.75 Å². The van der Waals surface area contributed by atoms with Crippen LogP contribution in [0.15, 0.2) is 22.7 Å². The number of halogens is 2. The minimum atomic E-state index is -0.842. The zero-order chi connectivity index (χ0) is 10.7. The maximum Gasteiger partial charge on any atom is 0.258 e. The molecule has 5 heteroatoms. The van der Waals surface area contributed by atoms with Crippen LogP contribution in [0.5, 0.6) is 5.75 Å². The number of benzene rings is 1. The summed E-state index contributed by atoms with van der Waals surface area (Å²) in [6.07, 6.45) is -0.842. The molecule has 0 spiro atoms. The average molecular weight is 262 g/mol. The fourth-order valence-electron chi connectivity index (χ4n) is 0.819. The summed E-state index contributed by atoms with van der Waals surface area (Å²) in [5.74, 6) is -1.15. The highest BCUT2D eigenvalue weighted by Gasteiger charge is 2.12. The fourth-order valence-corrected chi connectivity index (χ4v) is 1.15. The third-order valence-corrected chi connectivity index (χ3v) is 2.09. The summed E-state index contributed by atoms with van der Waals surface area (Å²) >= 11 is 3.10. The van der Waals surface area contributed by atoms with Crippen LogP contribution >= 0.6 is 15.9 Å². The second-order valence-corrected chi connectivity index (χ2v) is 3.65. The van der Waals surface area contributed by atoms with Crippen molar-refractivity contribution in [2.45, 2.75) is 13.0 Å². The summed E-state index contributed by atoms with van der Waals surface area (Å²) in [4.78, 5) is 10.6. The van der Waals surface area contributed by atoms with Crippen LogP contribution in [0, 0.1) is 5.82 Å². The molecule has 14 heavy (non-hydrogen) atoms. The summed E-state index contributed by atoms with van der Waals surface area (Å²) in [7, 11) is 0. The molecule has 76 valence electrons. The molecule has 0 fully saturated rings. The van der Waals surface area contributed by atoms with E-state index in [4.69, 9.17) is 10.5 Å². The van der Waals surface area contributed by atoms with Gasteiger partial charge >= 0.3 is 0 Å². The summed E-state index contributed by atoms with van der Waals surface area (Å²) < 4.78 is 18.8. The van der Waals surface area contributed by atoms with Crippen LogP contribution in [0.25, 0.3) is 0 Å². The molecule has 2 N–H and O–H groups in total. The van der Waals surface area contributed by atoms with E-state index >= 15 is 0 Å². The van der Waals surface area contributed by atoms with E-state index in [0.717, 1.165) is 0 Å². The smallest absolute Gasteiger partial charge is 0.258 e. The molecule has 1 aromatic rings. The van der Waals surface area contributed by atoms with Gasteiger partial charge in [-0.05, 0) is 25.1 Å². The third kappa shape index (κ3) is 2.70. The van der Waals surface area contributed by atoms with Crippen molar-refractivity contribution in [3.63, 3.8) is 0 Å². The van der Waals surface area contributed by atoms with E-state index in [2.05, 4.69) is 15.9 Å². The second kappa shape index (κ2) is 4.41. The highest BCUT2D eigenvalue weighted by molar-refractivity contribution is 9.10. The maximum atomic E-state index is 13.2. The van der Waals surface area contributed by atoms with Crippen molar-refractivity contribution in [3.05, 3.63) is 28.5 Å². The lowest BCUT2D eigenvalue weighted by atomic mass is 10.3. The van der Waals surface area contributed by atoms with E-state index in [1.165, 1.54) is 19.1 Å². The number of nitrogens with two attached hydrogens (primary N) is 1. The van der Waals surface area contributed by atoms with Crippen molar-refractivity contribution in [1.29, 1.82) is 0 Å². The Kier molecular flexibility index (Phi) is 3.46. The highest BCUT2D eigenvalue weighted by Crippen LogP contribution is 2.22. The van der Waals surface area contributed by atoms with Crippen molar-refractivity contribution < 1.29 is 13.9 Å². The number of hydrogen-bond acceptors (Lipinski definition) is 2. The van der Waals surface area contributed by atoms with E-state index in [9.17, 15) is 9.18 Å². The predicted octanol–water partition coefficient (Wildman–Crippen LogP) is 1.84. The zero-order valence-electron chi connectivity index (χ0n) is 7.46. The van der Waals surface area contributed by atoms with Crippen LogP contribution in [0.1, 0.15) is 6.92 Å². The molecule has 0 radical (unpaired) electrons. The van der Waals surface area contributed by atoms with Crippen LogP contribution in [-0.2, 0) is 4.79 Å². The van der Waals surface area contributed by atoms with Crippen molar-refractivity contribution in [1.82, 2.24) is 0 Å². The number of hydrogen-bond donors (Lipinski definition) is 1. The van der Waals surface area contributed by atoms with Crippen molar-refractivity contribution in [2.24, 2.45) is 5.73 Å². The Hall–Kier alpha value is -1.10. The SMILES string of the molecule is C[C@@H](Oc1ccc(Br)cc1F)C(N)=O. The molecule has 0 bridgehead atoms. The monoisotopic (exact) mass is 261 g/mol. The number of ether oxygens (including phenoxy) is 1. The Morgan fingerprint density at radius 1 is 1.64 bits per heavy atom. The molecule has 0 aliphatic heterocycles. The van der Waals surface area contributed by atoms with Gasteiger partial charge in [-0.1, -0.05) is 15.9 Å². The van der Waals surface area contributed by atoms with Crippen molar-refractivity contribution >= 4 is 21.8 Å². The average Bonchev–Trinajstić information content (AvgIpc) is 2.09. The standard InChI is InChI=1S/C9H9BrFNO2/c1-5(9(12)13)14-8-3-2-6(10)4-7(8)11/h2-5H,1H3,(H2,12,13)/t5-/m1/s1. The number of carbonyl (C=O) groups excluding carboxylic acids is 1. The molecule has 0 aliphatic carbocycles. The van der Waals surface area contributed by atoms with E-state index < -0.39 is 17.8 Å². The Labute approximate surface area is 89.2 Å². The Morgan fingerprint density at radius 3 is 2.79 bits per heavy atom. The summed E-state index contributed by atoms with van der Waals surface area (Å²) in [5, 5.41) is 0. The lowest BCUT2D eigenvalue weighted by molar-refractivity contribution is -0.124. The van der Waals surface area contributed by atoms with Gasteiger partial charge in [0, 0.05) is 4.47 Å². The molecule has 0 saturated carbocycles. The minimum Gasteiger partial charge on any atom is -0.478 e. The third-order valence-electron chi connectivity index (χ3n) is 1.60. The number of amides is 1. The first-order chi connectivity index (χ1) is 6.50. The number of carbonyl (C=O) groups is 1. The summed E-state index contributed by atoms with van der Waals surface area (Å²) in [6.45, 7) is 1.46. The molecular formula is C9H9BrFNO2. The van der Waals surface area contributed by atoms with Gasteiger partial charge < -0.3 is 10.5 Å².